The van der Waals surface area contributed by atoms with Crippen molar-refractivity contribution >= 4 is 5.91 Å². The molecule has 3 nitrogen and oxygen atoms in total. The monoisotopic (exact) mass is 142 g/mol. The van der Waals surface area contributed by atoms with Crippen LogP contribution < -0.4 is 5.73 Å². The molecule has 0 aromatic heterocycles. The number of carbonyl (C=O) groups excluding carboxylic acids is 1. The van der Waals surface area contributed by atoms with Gasteiger partial charge in [-0.15, -0.1) is 0 Å². The van der Waals surface area contributed by atoms with E-state index in [1.807, 2.05) is 0 Å². The maximum atomic E-state index is 11.1. The average Bonchev–Trinajstić information content (AvgIpc) is 1.79. The third kappa shape index (κ3) is 1.29. The van der Waals surface area contributed by atoms with Gasteiger partial charge >= 0.3 is 0 Å². The van der Waals surface area contributed by atoms with E-state index in [0.29, 0.717) is 5.92 Å². The van der Waals surface area contributed by atoms with Crippen molar-refractivity contribution in [1.82, 2.24) is 4.90 Å². The second-order valence-corrected chi connectivity index (χ2v) is 3.14. The summed E-state index contributed by atoms with van der Waals surface area (Å²) in [6.45, 7) is 5.64. The number of likely N-dealkylation sites (tertiary alicyclic amines) is 1. The summed E-state index contributed by atoms with van der Waals surface area (Å²) < 4.78 is 0. The van der Waals surface area contributed by atoms with E-state index in [2.05, 4.69) is 6.92 Å². The van der Waals surface area contributed by atoms with E-state index in [1.54, 1.807) is 11.8 Å². The number of hydrogen-bond donors (Lipinski definition) is 1. The summed E-state index contributed by atoms with van der Waals surface area (Å²) in [5, 5.41) is 0. The third-order valence-electron chi connectivity index (χ3n) is 1.77. The van der Waals surface area contributed by atoms with Gasteiger partial charge in [0.2, 0.25) is 5.91 Å². The summed E-state index contributed by atoms with van der Waals surface area (Å²) >= 11 is 0. The van der Waals surface area contributed by atoms with Crippen LogP contribution in [0.4, 0.5) is 0 Å². The summed E-state index contributed by atoms with van der Waals surface area (Å²) in [5.41, 5.74) is 5.40. The van der Waals surface area contributed by atoms with E-state index in [1.165, 1.54) is 0 Å². The van der Waals surface area contributed by atoms with Gasteiger partial charge in [0.05, 0.1) is 6.04 Å². The molecule has 58 valence electrons. The van der Waals surface area contributed by atoms with Crippen LogP contribution in [0.2, 0.25) is 0 Å². The van der Waals surface area contributed by atoms with E-state index in [9.17, 15) is 4.79 Å². The Morgan fingerprint density at radius 2 is 2.20 bits per heavy atom. The molecule has 0 radical (unpaired) electrons. The minimum atomic E-state index is -0.326. The van der Waals surface area contributed by atoms with Crippen molar-refractivity contribution in [3.8, 4) is 0 Å². The van der Waals surface area contributed by atoms with Crippen LogP contribution in [-0.4, -0.2) is 29.9 Å². The van der Waals surface area contributed by atoms with Gasteiger partial charge in [0.25, 0.3) is 0 Å². The zero-order chi connectivity index (χ0) is 7.72. The van der Waals surface area contributed by atoms with Gasteiger partial charge in [-0.1, -0.05) is 6.92 Å². The topological polar surface area (TPSA) is 46.3 Å². The molecule has 0 aromatic carbocycles. The summed E-state index contributed by atoms with van der Waals surface area (Å²) in [7, 11) is 0. The molecule has 0 saturated carbocycles. The lowest BCUT2D eigenvalue weighted by Gasteiger charge is -2.38. The van der Waals surface area contributed by atoms with Crippen molar-refractivity contribution in [2.75, 3.05) is 13.1 Å². The Labute approximate surface area is 61.2 Å². The molecule has 1 heterocycles. The van der Waals surface area contributed by atoms with Gasteiger partial charge in [-0.2, -0.15) is 0 Å². The molecule has 0 spiro atoms. The van der Waals surface area contributed by atoms with Crippen molar-refractivity contribution < 1.29 is 4.79 Å². The highest BCUT2D eigenvalue weighted by atomic mass is 16.2. The first-order valence-corrected chi connectivity index (χ1v) is 3.65. The third-order valence-corrected chi connectivity index (χ3v) is 1.77. The highest BCUT2D eigenvalue weighted by molar-refractivity contribution is 5.81. The van der Waals surface area contributed by atoms with E-state index >= 15 is 0 Å². The Bertz CT molecular complexity index is 139. The average molecular weight is 142 g/mol. The molecule has 1 saturated heterocycles. The molecule has 0 bridgehead atoms. The number of hydrogen-bond acceptors (Lipinski definition) is 2. The summed E-state index contributed by atoms with van der Waals surface area (Å²) in [4.78, 5) is 12.9. The van der Waals surface area contributed by atoms with Crippen LogP contribution in [0.15, 0.2) is 0 Å². The fraction of sp³-hybridized carbons (Fsp3) is 0.857. The standard InChI is InChI=1S/C7H14N2O/c1-5-3-9(4-5)7(10)6(2)8/h5-6H,3-4,8H2,1-2H3. The molecule has 1 aliphatic heterocycles. The Hall–Kier alpha value is -0.570. The summed E-state index contributed by atoms with van der Waals surface area (Å²) in [6, 6.07) is -0.326. The number of rotatable bonds is 1. The van der Waals surface area contributed by atoms with Crippen molar-refractivity contribution in [3.05, 3.63) is 0 Å². The van der Waals surface area contributed by atoms with E-state index in [4.69, 9.17) is 5.73 Å². The second kappa shape index (κ2) is 2.58. The minimum absolute atomic E-state index is 0.0816. The minimum Gasteiger partial charge on any atom is -0.341 e. The predicted octanol–water partition coefficient (Wildman–Crippen LogP) is -0.188. The zero-order valence-electron chi connectivity index (χ0n) is 6.50. The highest BCUT2D eigenvalue weighted by Crippen LogP contribution is 2.14. The van der Waals surface area contributed by atoms with Crippen molar-refractivity contribution in [2.24, 2.45) is 11.7 Å². The normalized spacial score (nSPS) is 22.1. The quantitative estimate of drug-likeness (QED) is 0.551. The van der Waals surface area contributed by atoms with Gasteiger partial charge in [-0.05, 0) is 12.8 Å². The van der Waals surface area contributed by atoms with Gasteiger partial charge in [0.15, 0.2) is 0 Å². The fourth-order valence-electron chi connectivity index (χ4n) is 1.17. The Balaban J connectivity index is 2.31. The molecular formula is C7H14N2O. The van der Waals surface area contributed by atoms with Gasteiger partial charge < -0.3 is 10.6 Å². The molecule has 0 aliphatic carbocycles. The molecule has 10 heavy (non-hydrogen) atoms. The smallest absolute Gasteiger partial charge is 0.239 e. The number of carbonyl (C=O) groups is 1. The van der Waals surface area contributed by atoms with E-state index in [-0.39, 0.29) is 11.9 Å². The van der Waals surface area contributed by atoms with E-state index in [0.717, 1.165) is 13.1 Å². The van der Waals surface area contributed by atoms with Gasteiger partial charge in [0, 0.05) is 13.1 Å². The lowest BCUT2D eigenvalue weighted by atomic mass is 10.0. The Morgan fingerprint density at radius 1 is 1.70 bits per heavy atom. The largest absolute Gasteiger partial charge is 0.341 e. The lowest BCUT2D eigenvalue weighted by molar-refractivity contribution is -0.138. The molecule has 3 heteroatoms. The zero-order valence-corrected chi connectivity index (χ0v) is 6.50. The number of nitrogens with zero attached hydrogens (tertiary/aromatic N) is 1. The van der Waals surface area contributed by atoms with Crippen LogP contribution in [0.3, 0.4) is 0 Å². The molecule has 0 aromatic rings. The van der Waals surface area contributed by atoms with Crippen LogP contribution in [0.5, 0.6) is 0 Å². The first kappa shape index (κ1) is 7.54. The highest BCUT2D eigenvalue weighted by Gasteiger charge is 2.28. The van der Waals surface area contributed by atoms with Crippen molar-refractivity contribution in [3.63, 3.8) is 0 Å². The lowest BCUT2D eigenvalue weighted by Crippen LogP contribution is -2.53. The van der Waals surface area contributed by atoms with Crippen LogP contribution in [0.1, 0.15) is 13.8 Å². The van der Waals surface area contributed by atoms with Crippen LogP contribution in [0, 0.1) is 5.92 Å². The van der Waals surface area contributed by atoms with Crippen LogP contribution >= 0.6 is 0 Å². The van der Waals surface area contributed by atoms with Gasteiger partial charge in [-0.3, -0.25) is 4.79 Å². The summed E-state index contributed by atoms with van der Waals surface area (Å²) in [6.07, 6.45) is 0. The van der Waals surface area contributed by atoms with Gasteiger partial charge in [-0.25, -0.2) is 0 Å². The van der Waals surface area contributed by atoms with E-state index < -0.39 is 0 Å². The summed E-state index contributed by atoms with van der Waals surface area (Å²) in [5.74, 6) is 0.751. The molecular weight excluding hydrogens is 128 g/mol. The van der Waals surface area contributed by atoms with Crippen molar-refractivity contribution in [2.45, 2.75) is 19.9 Å². The molecule has 1 aliphatic rings. The molecule has 1 unspecified atom stereocenters. The van der Waals surface area contributed by atoms with Crippen molar-refractivity contribution in [1.29, 1.82) is 0 Å². The Morgan fingerprint density at radius 3 is 2.50 bits per heavy atom. The van der Waals surface area contributed by atoms with Gasteiger partial charge in [0.1, 0.15) is 0 Å². The maximum absolute atomic E-state index is 11.1. The number of nitrogens with two attached hydrogens (primary N) is 1. The maximum Gasteiger partial charge on any atom is 0.239 e. The first-order valence-electron chi connectivity index (χ1n) is 3.65. The molecule has 1 fully saturated rings. The Kier molecular flexibility index (Phi) is 1.94. The van der Waals surface area contributed by atoms with Crippen LogP contribution in [-0.2, 0) is 4.79 Å². The fourth-order valence-corrected chi connectivity index (χ4v) is 1.17. The molecule has 2 N–H and O–H groups in total. The predicted molar refractivity (Wildman–Crippen MR) is 39.4 cm³/mol. The SMILES string of the molecule is CC1CN(C(=O)C(C)N)C1. The molecule has 1 atom stereocenters. The van der Waals surface area contributed by atoms with Crippen LogP contribution in [0.25, 0.3) is 0 Å². The molecule has 1 rings (SSSR count). The second-order valence-electron chi connectivity index (χ2n) is 3.14. The number of amides is 1. The molecule has 1 amide bonds. The first-order chi connectivity index (χ1) is 4.61.